The summed E-state index contributed by atoms with van der Waals surface area (Å²) in [6, 6.07) is 6.16. The minimum absolute atomic E-state index is 0.0695. The number of ether oxygens (including phenoxy) is 1. The second-order valence-corrected chi connectivity index (χ2v) is 9.27. The molecule has 0 fully saturated rings. The Morgan fingerprint density at radius 2 is 1.58 bits per heavy atom. The van der Waals surface area contributed by atoms with Crippen LogP contribution in [0.15, 0.2) is 24.3 Å². The highest BCUT2D eigenvalue weighted by atomic mass is 16.7. The van der Waals surface area contributed by atoms with Crippen LogP contribution >= 0.6 is 0 Å². The molecule has 9 nitrogen and oxygen atoms in total. The molecule has 1 aromatic carbocycles. The number of amides is 2. The first kappa shape index (κ1) is 25.9. The maximum atomic E-state index is 12.6. The zero-order valence-corrected chi connectivity index (χ0v) is 18.9. The summed E-state index contributed by atoms with van der Waals surface area (Å²) in [5, 5.41) is 11.5. The van der Waals surface area contributed by atoms with Crippen molar-refractivity contribution in [3.05, 3.63) is 35.4 Å². The van der Waals surface area contributed by atoms with Gasteiger partial charge >= 0.3 is 18.0 Å². The van der Waals surface area contributed by atoms with E-state index in [2.05, 4.69) is 15.6 Å². The minimum Gasteiger partial charge on any atom is -0.478 e. The van der Waals surface area contributed by atoms with Gasteiger partial charge < -0.3 is 20.0 Å². The van der Waals surface area contributed by atoms with Crippen molar-refractivity contribution in [2.24, 2.45) is 5.92 Å². The zero-order chi connectivity index (χ0) is 23.8. The molecule has 0 saturated heterocycles. The van der Waals surface area contributed by atoms with E-state index >= 15 is 0 Å². The highest BCUT2D eigenvalue weighted by Crippen LogP contribution is 2.20. The van der Waals surface area contributed by atoms with E-state index in [0.29, 0.717) is 0 Å². The van der Waals surface area contributed by atoms with Gasteiger partial charge in [0.2, 0.25) is 0 Å². The lowest BCUT2D eigenvalue weighted by Gasteiger charge is -2.24. The quantitative estimate of drug-likeness (QED) is 0.442. The number of hydrogen-bond donors (Lipinski definition) is 3. The number of carboxylic acid groups (broad SMARTS) is 1. The lowest BCUT2D eigenvalue weighted by molar-refractivity contribution is -0.160. The number of carboxylic acids is 1. The third-order valence-electron chi connectivity index (χ3n) is 3.88. The average molecular weight is 437 g/mol. The van der Waals surface area contributed by atoms with E-state index < -0.39 is 41.0 Å². The summed E-state index contributed by atoms with van der Waals surface area (Å²) in [6.07, 6.45) is -0.429. The molecule has 172 valence electrons. The number of aromatic carboxylic acids is 1. The Labute approximate surface area is 182 Å². The highest BCUT2D eigenvalue weighted by Gasteiger charge is 2.26. The zero-order valence-electron chi connectivity index (χ0n) is 18.9. The summed E-state index contributed by atoms with van der Waals surface area (Å²) in [7, 11) is 0. The van der Waals surface area contributed by atoms with Gasteiger partial charge in [0.1, 0.15) is 5.60 Å². The lowest BCUT2D eigenvalue weighted by atomic mass is 9.94. The molecule has 0 saturated carbocycles. The Kier molecular flexibility index (Phi) is 9.02. The predicted octanol–water partition coefficient (Wildman–Crippen LogP) is 3.22. The number of hydroxylamine groups is 1. The van der Waals surface area contributed by atoms with Crippen molar-refractivity contribution in [3.63, 3.8) is 0 Å². The van der Waals surface area contributed by atoms with Crippen molar-refractivity contribution >= 4 is 23.9 Å². The molecule has 0 aliphatic rings. The molecule has 0 radical (unpaired) electrons. The fourth-order valence-corrected chi connectivity index (χ4v) is 2.55. The number of carbonyl (C=O) groups is 4. The highest BCUT2D eigenvalue weighted by molar-refractivity contribution is 5.87. The molecular weight excluding hydrogens is 404 g/mol. The van der Waals surface area contributed by atoms with E-state index in [1.54, 1.807) is 53.7 Å². The number of esters is 1. The monoisotopic (exact) mass is 436 g/mol. The van der Waals surface area contributed by atoms with Crippen LogP contribution in [0.1, 0.15) is 70.3 Å². The SMILES string of the molecule is CC(C)(C)NC(=O)ONC(=O)CCC(Cc1ccc(C(=O)O)cc1)C(=O)OC(C)(C)C. The van der Waals surface area contributed by atoms with Gasteiger partial charge in [-0.3, -0.25) is 9.59 Å². The van der Waals surface area contributed by atoms with Crippen LogP contribution in [0, 0.1) is 5.92 Å². The van der Waals surface area contributed by atoms with Gasteiger partial charge in [0, 0.05) is 12.0 Å². The molecule has 0 heterocycles. The van der Waals surface area contributed by atoms with Crippen molar-refractivity contribution in [1.82, 2.24) is 10.8 Å². The summed E-state index contributed by atoms with van der Waals surface area (Å²) < 4.78 is 5.46. The summed E-state index contributed by atoms with van der Waals surface area (Å²) in [6.45, 7) is 10.5. The van der Waals surface area contributed by atoms with Crippen molar-refractivity contribution in [1.29, 1.82) is 0 Å². The van der Waals surface area contributed by atoms with Gasteiger partial charge in [0.25, 0.3) is 5.91 Å². The second-order valence-electron chi connectivity index (χ2n) is 9.27. The molecule has 0 aliphatic heterocycles. The van der Waals surface area contributed by atoms with Gasteiger partial charge in [-0.05, 0) is 72.1 Å². The molecule has 0 bridgehead atoms. The summed E-state index contributed by atoms with van der Waals surface area (Å²) >= 11 is 0. The van der Waals surface area contributed by atoms with Gasteiger partial charge in [-0.25, -0.2) is 9.59 Å². The Morgan fingerprint density at radius 1 is 1.00 bits per heavy atom. The topological polar surface area (TPSA) is 131 Å². The van der Waals surface area contributed by atoms with E-state index in [0.717, 1.165) is 5.56 Å². The molecule has 0 aliphatic carbocycles. The molecule has 31 heavy (non-hydrogen) atoms. The van der Waals surface area contributed by atoms with Crippen LogP contribution in [-0.4, -0.2) is 40.2 Å². The molecule has 1 aromatic rings. The van der Waals surface area contributed by atoms with Crippen molar-refractivity contribution in [3.8, 4) is 0 Å². The first-order chi connectivity index (χ1) is 14.2. The van der Waals surface area contributed by atoms with Gasteiger partial charge in [0.15, 0.2) is 0 Å². The third-order valence-corrected chi connectivity index (χ3v) is 3.88. The second kappa shape index (κ2) is 10.8. The van der Waals surface area contributed by atoms with Crippen LogP contribution < -0.4 is 10.8 Å². The Bertz CT molecular complexity index is 790. The predicted molar refractivity (Wildman–Crippen MR) is 113 cm³/mol. The fraction of sp³-hybridized carbons (Fsp3) is 0.545. The molecular formula is C22H32N2O7. The van der Waals surface area contributed by atoms with Crippen molar-refractivity contribution in [2.45, 2.75) is 71.9 Å². The Balaban J connectivity index is 2.74. The fourth-order valence-electron chi connectivity index (χ4n) is 2.55. The molecule has 1 unspecified atom stereocenters. The van der Waals surface area contributed by atoms with Crippen LogP contribution in [-0.2, 0) is 25.6 Å². The summed E-state index contributed by atoms with van der Waals surface area (Å²) in [5.41, 5.74) is 1.73. The maximum Gasteiger partial charge on any atom is 0.431 e. The van der Waals surface area contributed by atoms with Gasteiger partial charge in [-0.2, -0.15) is 5.48 Å². The van der Waals surface area contributed by atoms with E-state index in [4.69, 9.17) is 9.84 Å². The molecule has 9 heteroatoms. The Hall–Kier alpha value is -3.10. The van der Waals surface area contributed by atoms with Crippen LogP contribution in [0.4, 0.5) is 4.79 Å². The van der Waals surface area contributed by atoms with Crippen LogP contribution in [0.5, 0.6) is 0 Å². The number of hydrogen-bond acceptors (Lipinski definition) is 6. The standard InChI is InChI=1S/C22H32N2O7/c1-21(2,3)23-20(29)31-24-17(25)12-11-16(19(28)30-22(4,5)6)13-14-7-9-15(10-8-14)18(26)27/h7-10,16H,11-13H2,1-6H3,(H,23,29)(H,24,25)(H,26,27). The lowest BCUT2D eigenvalue weighted by Crippen LogP contribution is -2.43. The van der Waals surface area contributed by atoms with Crippen LogP contribution in [0.3, 0.4) is 0 Å². The molecule has 3 N–H and O–H groups in total. The molecule has 2 amide bonds. The molecule has 0 spiro atoms. The van der Waals surface area contributed by atoms with E-state index in [1.165, 1.54) is 12.1 Å². The van der Waals surface area contributed by atoms with E-state index in [9.17, 15) is 19.2 Å². The van der Waals surface area contributed by atoms with Crippen LogP contribution in [0.25, 0.3) is 0 Å². The Morgan fingerprint density at radius 3 is 2.06 bits per heavy atom. The first-order valence-corrected chi connectivity index (χ1v) is 9.99. The maximum absolute atomic E-state index is 12.6. The van der Waals surface area contributed by atoms with Gasteiger partial charge in [0.05, 0.1) is 11.5 Å². The smallest absolute Gasteiger partial charge is 0.431 e. The van der Waals surface area contributed by atoms with Gasteiger partial charge in [-0.1, -0.05) is 12.1 Å². The van der Waals surface area contributed by atoms with E-state index in [1.807, 2.05) is 0 Å². The number of nitrogens with one attached hydrogen (secondary N) is 2. The number of benzene rings is 1. The van der Waals surface area contributed by atoms with Crippen molar-refractivity contribution < 1.29 is 33.9 Å². The van der Waals surface area contributed by atoms with E-state index in [-0.39, 0.29) is 24.8 Å². The third kappa shape index (κ3) is 11.0. The summed E-state index contributed by atoms with van der Waals surface area (Å²) in [4.78, 5) is 52.0. The van der Waals surface area contributed by atoms with Crippen molar-refractivity contribution in [2.75, 3.05) is 0 Å². The molecule has 0 aromatic heterocycles. The minimum atomic E-state index is -1.04. The number of carbonyl (C=O) groups excluding carboxylic acids is 3. The molecule has 1 atom stereocenters. The normalized spacial score (nSPS) is 12.5. The van der Waals surface area contributed by atoms with Gasteiger partial charge in [-0.15, -0.1) is 0 Å². The largest absolute Gasteiger partial charge is 0.478 e. The average Bonchev–Trinajstić information content (AvgIpc) is 2.60. The number of rotatable bonds is 7. The summed E-state index contributed by atoms with van der Waals surface area (Å²) in [5.74, 6) is -2.70. The first-order valence-electron chi connectivity index (χ1n) is 9.99. The molecule has 1 rings (SSSR count). The van der Waals surface area contributed by atoms with Crippen LogP contribution in [0.2, 0.25) is 0 Å².